The predicted octanol–water partition coefficient (Wildman–Crippen LogP) is 4.28. The summed E-state index contributed by atoms with van der Waals surface area (Å²) in [6, 6.07) is 1.76. The van der Waals surface area contributed by atoms with Gasteiger partial charge in [-0.15, -0.1) is 0 Å². The van der Waals surface area contributed by atoms with Crippen LogP contribution in [0.15, 0.2) is 10.5 Å². The summed E-state index contributed by atoms with van der Waals surface area (Å²) in [4.78, 5) is 3.75. The topological polar surface area (TPSA) is 12.9 Å². The zero-order chi connectivity index (χ0) is 10.0. The van der Waals surface area contributed by atoms with E-state index in [0.717, 1.165) is 5.56 Å². The highest BCUT2D eigenvalue weighted by Crippen LogP contribution is 2.30. The Bertz CT molecular complexity index is 320. The molecule has 0 atom stereocenters. The molecule has 1 nitrogen and oxygen atoms in total. The van der Waals surface area contributed by atoms with Crippen molar-refractivity contribution in [3.63, 3.8) is 0 Å². The van der Waals surface area contributed by atoms with E-state index in [-0.39, 0.29) is 5.69 Å². The Morgan fingerprint density at radius 2 is 2.15 bits per heavy atom. The van der Waals surface area contributed by atoms with Gasteiger partial charge in [0, 0.05) is 9.80 Å². The normalized spacial score (nSPS) is 10.9. The van der Waals surface area contributed by atoms with Crippen molar-refractivity contribution >= 4 is 54.5 Å². The largest absolute Gasteiger partial charge is 0.281 e. The molecular weight excluding hydrogens is 423 g/mol. The van der Waals surface area contributed by atoms with Crippen molar-refractivity contribution in [1.82, 2.24) is 4.98 Å². The van der Waals surface area contributed by atoms with Crippen molar-refractivity contribution in [3.05, 3.63) is 25.5 Å². The van der Waals surface area contributed by atoms with Gasteiger partial charge in [-0.25, -0.2) is 13.8 Å². The Labute approximate surface area is 105 Å². The lowest BCUT2D eigenvalue weighted by atomic mass is 10.2. The van der Waals surface area contributed by atoms with Crippen molar-refractivity contribution in [2.45, 2.75) is 11.8 Å². The van der Waals surface area contributed by atoms with Crippen molar-refractivity contribution in [1.29, 1.82) is 0 Å². The smallest absolute Gasteiger partial charge is 0.240 e. The molecule has 6 heteroatoms. The number of pyridine rings is 1. The van der Waals surface area contributed by atoms with Crippen LogP contribution in [0.2, 0.25) is 0 Å². The third kappa shape index (κ3) is 2.82. The van der Waals surface area contributed by atoms with Gasteiger partial charge in [-0.05, 0) is 50.2 Å². The van der Waals surface area contributed by atoms with Gasteiger partial charge in [0.2, 0.25) is 0 Å². The van der Waals surface area contributed by atoms with Crippen LogP contribution in [0.3, 0.4) is 0 Å². The Morgan fingerprint density at radius 3 is 2.62 bits per heavy atom. The van der Waals surface area contributed by atoms with E-state index in [1.807, 2.05) is 22.6 Å². The fourth-order valence-corrected chi connectivity index (χ4v) is 2.78. The molecule has 0 fully saturated rings. The van der Waals surface area contributed by atoms with Gasteiger partial charge in [0.1, 0.15) is 9.39 Å². The number of hydrogen-bond donors (Lipinski definition) is 0. The number of rotatable bonds is 2. The van der Waals surface area contributed by atoms with Gasteiger partial charge in [0.25, 0.3) is 6.43 Å². The monoisotopic (exact) mass is 425 g/mol. The fourth-order valence-electron chi connectivity index (χ4n) is 0.810. The molecule has 0 aliphatic heterocycles. The van der Waals surface area contributed by atoms with Crippen molar-refractivity contribution in [2.75, 3.05) is 0 Å². The molecule has 1 heterocycles. The third-order valence-electron chi connectivity index (χ3n) is 1.38. The van der Waals surface area contributed by atoms with E-state index in [0.29, 0.717) is 13.5 Å². The van der Waals surface area contributed by atoms with E-state index in [1.54, 1.807) is 6.07 Å². The van der Waals surface area contributed by atoms with Crippen LogP contribution in [0.5, 0.6) is 0 Å². The van der Waals surface area contributed by atoms with Gasteiger partial charge in [-0.2, -0.15) is 0 Å². The van der Waals surface area contributed by atoms with Crippen LogP contribution in [0.1, 0.15) is 17.7 Å². The maximum atomic E-state index is 12.4. The van der Waals surface area contributed by atoms with Crippen molar-refractivity contribution in [3.8, 4) is 0 Å². The van der Waals surface area contributed by atoms with Gasteiger partial charge in [0.05, 0.1) is 0 Å². The molecule has 1 rings (SSSR count). The SMILES string of the molecule is FC(F)c1nc(I)cc(CBr)c1Br. The number of aromatic nitrogens is 1. The maximum Gasteiger partial charge on any atom is 0.281 e. The number of alkyl halides is 3. The van der Waals surface area contributed by atoms with Crippen LogP contribution in [-0.4, -0.2) is 4.98 Å². The van der Waals surface area contributed by atoms with Crippen LogP contribution >= 0.6 is 54.5 Å². The number of hydrogen-bond acceptors (Lipinski definition) is 1. The highest BCUT2D eigenvalue weighted by atomic mass is 127. The molecule has 0 aliphatic carbocycles. The summed E-state index contributed by atoms with van der Waals surface area (Å²) in [5.74, 6) is 0. The van der Waals surface area contributed by atoms with E-state index in [9.17, 15) is 8.78 Å². The summed E-state index contributed by atoms with van der Waals surface area (Å²) >= 11 is 8.24. The molecule has 0 aromatic carbocycles. The molecule has 0 saturated carbocycles. The Hall–Kier alpha value is 0.700. The molecule has 0 spiro atoms. The molecule has 0 amide bonds. The van der Waals surface area contributed by atoms with Crippen molar-refractivity contribution in [2.24, 2.45) is 0 Å². The molecule has 0 bridgehead atoms. The lowest BCUT2D eigenvalue weighted by Gasteiger charge is -2.07. The average Bonchev–Trinajstić information content (AvgIpc) is 2.08. The summed E-state index contributed by atoms with van der Waals surface area (Å²) in [6.07, 6.45) is -2.54. The molecule has 0 unspecified atom stereocenters. The Morgan fingerprint density at radius 1 is 1.54 bits per heavy atom. The molecule has 1 aromatic heterocycles. The van der Waals surface area contributed by atoms with E-state index >= 15 is 0 Å². The lowest BCUT2D eigenvalue weighted by molar-refractivity contribution is 0.145. The first-order valence-electron chi connectivity index (χ1n) is 3.25. The molecule has 13 heavy (non-hydrogen) atoms. The van der Waals surface area contributed by atoms with E-state index in [1.165, 1.54) is 0 Å². The predicted molar refractivity (Wildman–Crippen MR) is 62.2 cm³/mol. The molecular formula is C7H4Br2F2IN. The molecule has 0 N–H and O–H groups in total. The average molecular weight is 427 g/mol. The second kappa shape index (κ2) is 4.97. The Balaban J connectivity index is 3.27. The van der Waals surface area contributed by atoms with Crippen LogP contribution in [0.25, 0.3) is 0 Å². The minimum atomic E-state index is -2.54. The third-order valence-corrected chi connectivity index (χ3v) is 3.45. The summed E-state index contributed by atoms with van der Waals surface area (Å²) in [6.45, 7) is 0. The minimum absolute atomic E-state index is 0.193. The molecule has 72 valence electrons. The first-order valence-corrected chi connectivity index (χ1v) is 6.24. The van der Waals surface area contributed by atoms with Gasteiger partial charge >= 0.3 is 0 Å². The summed E-state index contributed by atoms with van der Waals surface area (Å²) in [5.41, 5.74) is 0.594. The second-order valence-corrected chi connectivity index (χ2v) is 4.70. The van der Waals surface area contributed by atoms with Crippen LogP contribution in [-0.2, 0) is 5.33 Å². The van der Waals surface area contributed by atoms with E-state index < -0.39 is 6.43 Å². The first-order chi connectivity index (χ1) is 6.06. The van der Waals surface area contributed by atoms with Gasteiger partial charge in [-0.3, -0.25) is 0 Å². The maximum absolute atomic E-state index is 12.4. The van der Waals surface area contributed by atoms with Crippen LogP contribution in [0, 0.1) is 3.70 Å². The molecule has 0 aliphatic rings. The van der Waals surface area contributed by atoms with Crippen LogP contribution in [0.4, 0.5) is 8.78 Å². The van der Waals surface area contributed by atoms with Crippen LogP contribution < -0.4 is 0 Å². The van der Waals surface area contributed by atoms with E-state index in [2.05, 4.69) is 36.8 Å². The van der Waals surface area contributed by atoms with Gasteiger partial charge in [-0.1, -0.05) is 15.9 Å². The highest BCUT2D eigenvalue weighted by Gasteiger charge is 2.16. The summed E-state index contributed by atoms with van der Waals surface area (Å²) < 4.78 is 25.8. The zero-order valence-electron chi connectivity index (χ0n) is 6.20. The lowest BCUT2D eigenvalue weighted by Crippen LogP contribution is -1.97. The fraction of sp³-hybridized carbons (Fsp3) is 0.286. The zero-order valence-corrected chi connectivity index (χ0v) is 11.5. The summed E-state index contributed by atoms with van der Waals surface area (Å²) in [5, 5.41) is 0.534. The molecule has 0 radical (unpaired) electrons. The molecule has 1 aromatic rings. The molecule has 0 saturated heterocycles. The van der Waals surface area contributed by atoms with Gasteiger partial charge in [0.15, 0.2) is 0 Å². The van der Waals surface area contributed by atoms with Gasteiger partial charge < -0.3 is 0 Å². The van der Waals surface area contributed by atoms with Crippen molar-refractivity contribution < 1.29 is 8.78 Å². The van der Waals surface area contributed by atoms with E-state index in [4.69, 9.17) is 0 Å². The Kier molecular flexibility index (Phi) is 4.50. The summed E-state index contributed by atoms with van der Waals surface area (Å²) in [7, 11) is 0. The second-order valence-electron chi connectivity index (χ2n) is 2.24. The standard InChI is InChI=1S/C7H4Br2F2IN/c8-2-3-1-4(12)13-6(5(3)9)7(10)11/h1,7H,2H2. The minimum Gasteiger partial charge on any atom is -0.240 e. The quantitative estimate of drug-likeness (QED) is 0.391. The highest BCUT2D eigenvalue weighted by molar-refractivity contribution is 14.1. The number of halogens is 5. The number of nitrogens with zero attached hydrogens (tertiary/aromatic N) is 1. The first kappa shape index (κ1) is 11.8.